The average Bonchev–Trinajstić information content (AvgIpc) is 1.56. The number of carbonyl (C=O) groups excluding carboxylic acids is 3. The van der Waals surface area contributed by atoms with Gasteiger partial charge in [0, 0.05) is 26.3 Å². The fourth-order valence-electron chi connectivity index (χ4n) is 28.9. The maximum atomic E-state index is 10.5. The maximum absolute atomic E-state index is 10.5. The summed E-state index contributed by atoms with van der Waals surface area (Å²) in [7, 11) is 1.51. The van der Waals surface area contributed by atoms with Crippen molar-refractivity contribution in [1.29, 1.82) is 0 Å². The highest BCUT2D eigenvalue weighted by Crippen LogP contribution is 2.68. The molecular formula is C89H143NO4. The quantitative estimate of drug-likeness (QED) is 0.105. The van der Waals surface area contributed by atoms with Gasteiger partial charge in [-0.25, -0.2) is 0 Å². The van der Waals surface area contributed by atoms with E-state index in [-0.39, 0.29) is 17.8 Å². The van der Waals surface area contributed by atoms with E-state index in [2.05, 4.69) is 23.5 Å². The smallest absolute Gasteiger partial charge is 0.311 e. The highest BCUT2D eigenvalue weighted by Gasteiger charge is 2.59. The minimum Gasteiger partial charge on any atom is -0.432 e. The average molecular weight is 1290 g/mol. The van der Waals surface area contributed by atoms with Crippen LogP contribution >= 0.6 is 0 Å². The highest BCUT2D eigenvalue weighted by molar-refractivity contribution is 6.01. The normalized spacial score (nSPS) is 46.5. The molecule has 2 heterocycles. The molecule has 23 aliphatic carbocycles. The van der Waals surface area contributed by atoms with Crippen LogP contribution < -0.4 is 0 Å². The van der Waals surface area contributed by atoms with Crippen molar-refractivity contribution < 1.29 is 19.1 Å². The minimum atomic E-state index is -0.148. The van der Waals surface area contributed by atoms with E-state index < -0.39 is 0 Å². The predicted molar refractivity (Wildman–Crippen MR) is 387 cm³/mol. The Balaban J connectivity index is 0.0000000900. The molecular weight excluding hydrogens is 1150 g/mol. The third kappa shape index (κ3) is 17.2. The number of hydrogen-bond donors (Lipinski definition) is 0. The number of amides is 2. The second kappa shape index (κ2) is 33.3. The molecule has 25 rings (SSSR count). The molecule has 25 aliphatic rings. The molecule has 0 aromatic heterocycles. The molecule has 5 nitrogen and oxygen atoms in total. The second-order valence-corrected chi connectivity index (χ2v) is 38.3. The van der Waals surface area contributed by atoms with E-state index in [1.807, 2.05) is 0 Å². The molecule has 0 radical (unpaired) electrons. The molecule has 94 heavy (non-hydrogen) atoms. The van der Waals surface area contributed by atoms with Crippen LogP contribution in [0.3, 0.4) is 0 Å². The third-order valence-electron chi connectivity index (χ3n) is 33.0. The van der Waals surface area contributed by atoms with Gasteiger partial charge in [0.2, 0.25) is 11.8 Å². The molecule has 0 aromatic carbocycles. The van der Waals surface area contributed by atoms with E-state index in [0.717, 1.165) is 23.7 Å². The Kier molecular flexibility index (Phi) is 24.5. The van der Waals surface area contributed by atoms with Gasteiger partial charge in [-0.15, -0.1) is 0 Å². The molecule has 0 aromatic rings. The Hall–Kier alpha value is -1.91. The molecule has 0 spiro atoms. The van der Waals surface area contributed by atoms with Crippen molar-refractivity contribution in [3.05, 3.63) is 24.5 Å². The Morgan fingerprint density at radius 2 is 0.606 bits per heavy atom. The SMILES string of the molecule is C1=CC2C3CCC(C3)C2C1.C1C2CC3CC1CC(C2)C3.C1CC2C3CCC(C3)C2C1.C1CC2CC1C1C3CCC(C3)C21.C1CC2CCC1C2.C1CC2CCC1C2.C1CCC2C3CCC(C3)C2C1.C1CCCCC1.C1CCCCC1.C=C1CCC(=O)O1.CN1C(=O)CCC1=O. The lowest BCUT2D eigenvalue weighted by molar-refractivity contribution is -0.137. The molecule has 18 bridgehead atoms. The number of likely N-dealkylation sites (tertiary alicyclic amines) is 1. The van der Waals surface area contributed by atoms with Gasteiger partial charge in [0.1, 0.15) is 5.76 Å². The van der Waals surface area contributed by atoms with Crippen LogP contribution in [0.1, 0.15) is 353 Å². The summed E-state index contributed by atoms with van der Waals surface area (Å²) < 4.78 is 4.53. The van der Waals surface area contributed by atoms with E-state index in [9.17, 15) is 14.4 Å². The predicted octanol–water partition coefficient (Wildman–Crippen LogP) is 24.3. The summed E-state index contributed by atoms with van der Waals surface area (Å²) in [4.78, 5) is 32.3. The number of ether oxygens (including phenoxy) is 1. The van der Waals surface area contributed by atoms with Gasteiger partial charge in [-0.05, 0) is 334 Å². The van der Waals surface area contributed by atoms with Crippen LogP contribution in [0.15, 0.2) is 24.5 Å². The Morgan fingerprint density at radius 1 is 0.309 bits per heavy atom. The van der Waals surface area contributed by atoms with Crippen molar-refractivity contribution in [1.82, 2.24) is 4.90 Å². The molecule has 2 amide bonds. The van der Waals surface area contributed by atoms with Crippen LogP contribution in [-0.4, -0.2) is 29.7 Å². The van der Waals surface area contributed by atoms with E-state index >= 15 is 0 Å². The number of esters is 1. The minimum absolute atomic E-state index is 0.0602. The third-order valence-corrected chi connectivity index (χ3v) is 33.0. The van der Waals surface area contributed by atoms with Crippen LogP contribution in [0.4, 0.5) is 0 Å². The van der Waals surface area contributed by atoms with Crippen LogP contribution in [0.5, 0.6) is 0 Å². The fourth-order valence-corrected chi connectivity index (χ4v) is 28.9. The molecule has 5 heteroatoms. The van der Waals surface area contributed by atoms with Crippen molar-refractivity contribution in [2.45, 2.75) is 353 Å². The summed E-state index contributed by atoms with van der Waals surface area (Å²) in [6.07, 6.45) is 86.6. The number of allylic oxidation sites excluding steroid dienone is 3. The number of fused-ring (bicyclic) bond motifs is 28. The Labute approximate surface area is 577 Å². The summed E-state index contributed by atoms with van der Waals surface area (Å²) in [5, 5.41) is 0. The molecule has 22 saturated carbocycles. The monoisotopic (exact) mass is 1290 g/mol. The summed E-state index contributed by atoms with van der Waals surface area (Å²) >= 11 is 0. The lowest BCUT2D eigenvalue weighted by atomic mass is 9.56. The van der Waals surface area contributed by atoms with Gasteiger partial charge in [-0.2, -0.15) is 0 Å². The molecule has 2 aliphatic heterocycles. The van der Waals surface area contributed by atoms with Crippen molar-refractivity contribution in [2.75, 3.05) is 7.05 Å². The van der Waals surface area contributed by atoms with E-state index in [0.29, 0.717) is 31.4 Å². The van der Waals surface area contributed by atoms with Crippen LogP contribution in [0.25, 0.3) is 0 Å². The van der Waals surface area contributed by atoms with Crippen LogP contribution in [-0.2, 0) is 19.1 Å². The summed E-state index contributed by atoms with van der Waals surface area (Å²) in [5.41, 5.74) is 0. The summed E-state index contributed by atoms with van der Waals surface area (Å²) in [6, 6.07) is 0. The van der Waals surface area contributed by atoms with Crippen molar-refractivity contribution in [3.8, 4) is 0 Å². The zero-order valence-electron chi connectivity index (χ0n) is 60.8. The first-order valence-corrected chi connectivity index (χ1v) is 43.4. The van der Waals surface area contributed by atoms with E-state index in [4.69, 9.17) is 0 Å². The largest absolute Gasteiger partial charge is 0.432 e. The molecule has 0 N–H and O–H groups in total. The molecule has 2 saturated heterocycles. The molecule has 24 fully saturated rings. The number of nitrogens with zero attached hydrogens (tertiary/aromatic N) is 1. The number of hydrogen-bond acceptors (Lipinski definition) is 4. The highest BCUT2D eigenvalue weighted by atomic mass is 16.5. The Morgan fingerprint density at radius 3 is 0.883 bits per heavy atom. The van der Waals surface area contributed by atoms with Gasteiger partial charge in [-0.1, -0.05) is 166 Å². The first-order chi connectivity index (χ1) is 46.1. The van der Waals surface area contributed by atoms with Crippen LogP contribution in [0.2, 0.25) is 0 Å². The number of carbonyl (C=O) groups is 3. The molecule has 16 unspecified atom stereocenters. The lowest BCUT2D eigenvalue weighted by Gasteiger charge is -2.49. The summed E-state index contributed by atoms with van der Waals surface area (Å²) in [5.74, 6) is 30.9. The lowest BCUT2D eigenvalue weighted by Crippen LogP contribution is -2.38. The number of imide groups is 1. The fraction of sp³-hybridized carbons (Fsp3) is 0.921. The topological polar surface area (TPSA) is 63.7 Å². The van der Waals surface area contributed by atoms with Gasteiger partial charge in [-0.3, -0.25) is 19.3 Å². The standard InChI is InChI=1S/C12H18.C11H18.2C10H16.C10H14.2C7H12.2C6H12.C5H7NO2.C5H6O2/c1-2-8-5-7(1)11-9-3-4-10(6-9)12(8)11;1-2-4-11-9-6-5-8(7-9)10(11)3-1;1-7-2-9-4-8(1)5-10(3-7)6-9;2*1-2-9-7-4-5-8(6-7)10(9)3-1;2*1-2-7-4-3-6(1)5-7;2*1-2-4-6-5-3-1;1-6-4(7)2-3-5(6)8;1-4-2-3-5(6)7-4/h7-12H,1-6H2;8-11H,1-7H2;2*7-10H,1-6H2;1-2,7-10H,3-6H2;2*6-7H,1-5H2;2*1-6H2;2-3H2,1H3;1-3H2. The van der Waals surface area contributed by atoms with Gasteiger partial charge < -0.3 is 4.74 Å². The second-order valence-electron chi connectivity index (χ2n) is 38.3. The Bertz CT molecular complexity index is 2190. The molecule has 528 valence electrons. The first-order valence-electron chi connectivity index (χ1n) is 43.4. The maximum Gasteiger partial charge on any atom is 0.311 e. The summed E-state index contributed by atoms with van der Waals surface area (Å²) in [6.45, 7) is 3.46. The van der Waals surface area contributed by atoms with Gasteiger partial charge in [0.25, 0.3) is 0 Å². The zero-order valence-corrected chi connectivity index (χ0v) is 60.8. The van der Waals surface area contributed by atoms with Crippen LogP contribution in [0, 0.1) is 154 Å². The van der Waals surface area contributed by atoms with Crippen molar-refractivity contribution in [3.63, 3.8) is 0 Å². The zero-order chi connectivity index (χ0) is 63.9. The van der Waals surface area contributed by atoms with Gasteiger partial charge in [0.15, 0.2) is 0 Å². The number of rotatable bonds is 0. The number of cyclic esters (lactones) is 1. The van der Waals surface area contributed by atoms with Crippen molar-refractivity contribution in [2.24, 2.45) is 154 Å². The van der Waals surface area contributed by atoms with E-state index in [1.165, 1.54) is 232 Å². The molecule has 16 atom stereocenters. The van der Waals surface area contributed by atoms with Gasteiger partial charge in [0.05, 0.1) is 6.42 Å². The first kappa shape index (κ1) is 69.2. The van der Waals surface area contributed by atoms with Gasteiger partial charge >= 0.3 is 5.97 Å². The van der Waals surface area contributed by atoms with E-state index in [1.54, 1.807) is 238 Å². The van der Waals surface area contributed by atoms with Crippen molar-refractivity contribution >= 4 is 17.8 Å².